The molecule has 1 saturated carbocycles. The summed E-state index contributed by atoms with van der Waals surface area (Å²) in [5, 5.41) is 18.5. The van der Waals surface area contributed by atoms with Gasteiger partial charge in [-0.05, 0) is 72.6 Å². The van der Waals surface area contributed by atoms with Gasteiger partial charge < -0.3 is 29.2 Å². The molecule has 0 aromatic rings. The minimum Gasteiger partial charge on any atom is -0.444 e. The molecule has 43 heavy (non-hydrogen) atoms. The second-order valence-corrected chi connectivity index (χ2v) is 14.2. The third-order valence-electron chi connectivity index (χ3n) is 8.48. The second kappa shape index (κ2) is 13.2. The average molecular weight is 609 g/mol. The van der Waals surface area contributed by atoms with Crippen molar-refractivity contribution in [2.24, 2.45) is 23.7 Å². The van der Waals surface area contributed by atoms with E-state index in [0.717, 1.165) is 12.8 Å². The lowest BCUT2D eigenvalue weighted by Gasteiger charge is -2.29. The van der Waals surface area contributed by atoms with Crippen molar-refractivity contribution in [3.8, 4) is 0 Å². The first-order valence-electron chi connectivity index (χ1n) is 15.3. The van der Waals surface area contributed by atoms with Crippen molar-refractivity contribution in [1.82, 2.24) is 9.80 Å². The summed E-state index contributed by atoms with van der Waals surface area (Å²) in [6.45, 7) is 11.5. The van der Waals surface area contributed by atoms with E-state index in [1.807, 2.05) is 12.2 Å². The maximum Gasteiger partial charge on any atom is 0.411 e. The molecule has 4 heterocycles. The van der Waals surface area contributed by atoms with Gasteiger partial charge in [-0.3, -0.25) is 19.4 Å². The molecule has 2 amide bonds. The first-order chi connectivity index (χ1) is 20.1. The van der Waals surface area contributed by atoms with Gasteiger partial charge >= 0.3 is 12.2 Å². The number of carbonyl (C=O) groups is 4. The molecule has 5 rings (SSSR count). The van der Waals surface area contributed by atoms with E-state index in [1.54, 1.807) is 41.5 Å². The summed E-state index contributed by atoms with van der Waals surface area (Å²) < 4.78 is 22.4. The van der Waals surface area contributed by atoms with Crippen LogP contribution in [-0.2, 0) is 28.5 Å². The molecule has 0 unspecified atom stereocenters. The fraction of sp³-hybridized carbons (Fsp3) is 0.806. The molecule has 5 aliphatic rings. The maximum absolute atomic E-state index is 12.4. The Hall–Kier alpha value is -2.54. The Kier molecular flexibility index (Phi) is 10.3. The van der Waals surface area contributed by atoms with Gasteiger partial charge in [-0.25, -0.2) is 9.59 Å². The first-order valence-corrected chi connectivity index (χ1v) is 15.3. The number of ketones is 2. The van der Waals surface area contributed by atoms with Crippen LogP contribution in [-0.4, -0.2) is 119 Å². The molecule has 0 radical (unpaired) electrons. The third kappa shape index (κ3) is 8.14. The van der Waals surface area contributed by atoms with E-state index < -0.39 is 54.5 Å². The highest BCUT2D eigenvalue weighted by Crippen LogP contribution is 2.49. The van der Waals surface area contributed by atoms with Crippen LogP contribution in [0.1, 0.15) is 60.8 Å². The molecule has 4 fully saturated rings. The number of rotatable bonds is 4. The number of fused-ring (bicyclic) bond motifs is 3. The number of aliphatic hydroxyl groups excluding tert-OH is 2. The zero-order chi connectivity index (χ0) is 31.7. The Morgan fingerprint density at radius 2 is 1.21 bits per heavy atom. The Morgan fingerprint density at radius 3 is 1.72 bits per heavy atom. The summed E-state index contributed by atoms with van der Waals surface area (Å²) in [7, 11) is 0. The van der Waals surface area contributed by atoms with Crippen molar-refractivity contribution < 1.29 is 48.3 Å². The molecule has 12 nitrogen and oxygen atoms in total. The average Bonchev–Trinajstić information content (AvgIpc) is 3.54. The monoisotopic (exact) mass is 608 g/mol. The van der Waals surface area contributed by atoms with Crippen molar-refractivity contribution in [3.05, 3.63) is 12.2 Å². The lowest BCUT2D eigenvalue weighted by atomic mass is 9.94. The molecular formula is C31H48N2O10. The molecular weight excluding hydrogens is 560 g/mol. The highest BCUT2D eigenvalue weighted by atomic mass is 16.6. The van der Waals surface area contributed by atoms with Crippen LogP contribution >= 0.6 is 0 Å². The van der Waals surface area contributed by atoms with Gasteiger partial charge in [-0.1, -0.05) is 12.2 Å². The minimum absolute atomic E-state index is 0.0526. The number of likely N-dealkylation sites (tertiary alicyclic amines) is 2. The van der Waals surface area contributed by atoms with Crippen LogP contribution < -0.4 is 0 Å². The second-order valence-electron chi connectivity index (χ2n) is 14.2. The fourth-order valence-corrected chi connectivity index (χ4v) is 6.53. The number of allylic oxidation sites excluding steroid dienone is 1. The highest BCUT2D eigenvalue weighted by Gasteiger charge is 2.54. The number of carbonyl (C=O) groups excluding carboxylic acids is 4. The van der Waals surface area contributed by atoms with Crippen LogP contribution in [0.25, 0.3) is 0 Å². The summed E-state index contributed by atoms with van der Waals surface area (Å²) in [5.74, 6) is 0.718. The Bertz CT molecular complexity index is 1080. The van der Waals surface area contributed by atoms with Gasteiger partial charge in [0, 0.05) is 24.9 Å². The van der Waals surface area contributed by atoms with Gasteiger partial charge in [0.05, 0.1) is 25.4 Å². The van der Waals surface area contributed by atoms with E-state index in [9.17, 15) is 29.4 Å². The Labute approximate surface area is 253 Å². The molecule has 1 aliphatic carbocycles. The van der Waals surface area contributed by atoms with Crippen LogP contribution in [0.3, 0.4) is 0 Å². The number of nitrogens with zero attached hydrogens (tertiary/aromatic N) is 2. The van der Waals surface area contributed by atoms with E-state index in [2.05, 4.69) is 0 Å². The first kappa shape index (κ1) is 33.4. The number of amides is 2. The summed E-state index contributed by atoms with van der Waals surface area (Å²) in [4.78, 5) is 51.8. The van der Waals surface area contributed by atoms with Crippen molar-refractivity contribution >= 4 is 23.8 Å². The zero-order valence-corrected chi connectivity index (χ0v) is 26.2. The van der Waals surface area contributed by atoms with Crippen molar-refractivity contribution in [1.29, 1.82) is 0 Å². The summed E-state index contributed by atoms with van der Waals surface area (Å²) in [6.07, 6.45) is 5.13. The maximum atomic E-state index is 12.4. The van der Waals surface area contributed by atoms with Gasteiger partial charge in [0.25, 0.3) is 0 Å². The summed E-state index contributed by atoms with van der Waals surface area (Å²) in [6, 6.07) is -1.49. The van der Waals surface area contributed by atoms with Crippen LogP contribution in [0, 0.1) is 23.7 Å². The smallest absolute Gasteiger partial charge is 0.411 e. The Balaban J connectivity index is 0.000000197. The number of Topliss-reactive ketones (excluding diaryl/α,β-unsaturated/α-hetero) is 2. The van der Waals surface area contributed by atoms with E-state index in [-0.39, 0.29) is 29.8 Å². The predicted octanol–water partition coefficient (Wildman–Crippen LogP) is 2.34. The molecule has 8 atom stereocenters. The third-order valence-corrected chi connectivity index (χ3v) is 8.48. The van der Waals surface area contributed by atoms with Crippen LogP contribution in [0.4, 0.5) is 9.59 Å². The molecule has 0 bridgehead atoms. The normalized spacial score (nSPS) is 33.1. The topological polar surface area (TPSA) is 152 Å². The summed E-state index contributed by atoms with van der Waals surface area (Å²) >= 11 is 0. The van der Waals surface area contributed by atoms with Gasteiger partial charge in [-0.2, -0.15) is 0 Å². The van der Waals surface area contributed by atoms with Gasteiger partial charge in [0.1, 0.15) is 36.5 Å². The number of hydrogen-bond acceptors (Lipinski definition) is 10. The van der Waals surface area contributed by atoms with Crippen LogP contribution in [0.2, 0.25) is 0 Å². The van der Waals surface area contributed by atoms with Crippen molar-refractivity contribution in [2.45, 2.75) is 96.3 Å². The molecule has 3 saturated heterocycles. The van der Waals surface area contributed by atoms with Crippen molar-refractivity contribution in [2.75, 3.05) is 39.5 Å². The molecule has 0 spiro atoms. The molecule has 2 N–H and O–H groups in total. The molecule has 0 aromatic carbocycles. The molecule has 0 aromatic heterocycles. The van der Waals surface area contributed by atoms with Crippen LogP contribution in [0.5, 0.6) is 0 Å². The predicted molar refractivity (Wildman–Crippen MR) is 154 cm³/mol. The van der Waals surface area contributed by atoms with E-state index in [0.29, 0.717) is 38.1 Å². The summed E-state index contributed by atoms with van der Waals surface area (Å²) in [5.41, 5.74) is -1.24. The lowest BCUT2D eigenvalue weighted by Crippen LogP contribution is -2.48. The van der Waals surface area contributed by atoms with Gasteiger partial charge in [0.15, 0.2) is 11.6 Å². The zero-order valence-electron chi connectivity index (χ0n) is 26.2. The van der Waals surface area contributed by atoms with E-state index in [1.165, 1.54) is 16.2 Å². The Morgan fingerprint density at radius 1 is 0.721 bits per heavy atom. The number of aliphatic hydroxyl groups is 2. The lowest BCUT2D eigenvalue weighted by molar-refractivity contribution is -0.130. The molecule has 12 heteroatoms. The van der Waals surface area contributed by atoms with Crippen molar-refractivity contribution in [3.63, 3.8) is 0 Å². The SMILES string of the molecule is CC(C)(C)OC(=O)N1C[C@@H]2CC=CCO[C@H]2[C@H]1C(=O)CO.CC(C)(C)OC(=O)N1C[C@@H]2C[C@H]3C[C@H]3CO[C@H]2[C@H]1C(=O)CO. The van der Waals surface area contributed by atoms with Crippen LogP contribution in [0.15, 0.2) is 12.2 Å². The van der Waals surface area contributed by atoms with Gasteiger partial charge in [-0.15, -0.1) is 0 Å². The van der Waals surface area contributed by atoms with Gasteiger partial charge in [0.2, 0.25) is 0 Å². The quantitative estimate of drug-likeness (QED) is 0.455. The fourth-order valence-electron chi connectivity index (χ4n) is 6.53. The van der Waals surface area contributed by atoms with E-state index in [4.69, 9.17) is 18.9 Å². The largest absolute Gasteiger partial charge is 0.444 e. The minimum atomic E-state index is -0.769. The number of hydrogen-bond donors (Lipinski definition) is 2. The number of ether oxygens (including phenoxy) is 4. The molecule has 242 valence electrons. The standard InChI is InChI=1S/C16H25NO5.C15H23NO5/c1-16(2,3)22-15(20)17-6-10-4-9-5-11(9)8-21-14(10)13(17)12(19)7-18;1-15(2,3)21-14(19)16-8-10-6-4-5-7-20-13(10)12(16)11(18)9-17/h9-11,13-14,18H,4-8H2,1-3H3;4-5,10,12-13,17H,6-9H2,1-3H3/t9-,10-,11-,13+,14+;10-,12+,13+/m00/s1. The molecule has 4 aliphatic heterocycles. The highest BCUT2D eigenvalue weighted by molar-refractivity contribution is 5.90. The van der Waals surface area contributed by atoms with E-state index >= 15 is 0 Å².